The van der Waals surface area contributed by atoms with Gasteiger partial charge in [-0.25, -0.2) is 0 Å². The van der Waals surface area contributed by atoms with Crippen molar-refractivity contribution in [2.75, 3.05) is 19.6 Å². The van der Waals surface area contributed by atoms with Gasteiger partial charge in [-0.1, -0.05) is 0 Å². The van der Waals surface area contributed by atoms with Crippen molar-refractivity contribution in [3.63, 3.8) is 0 Å². The third kappa shape index (κ3) is 1.57. The lowest BCUT2D eigenvalue weighted by Gasteiger charge is -2.33. The fraction of sp³-hybridized carbons (Fsp3) is 0.636. The summed E-state index contributed by atoms with van der Waals surface area (Å²) >= 11 is 0. The Labute approximate surface area is 84.5 Å². The molecule has 1 aromatic rings. The molecule has 3 nitrogen and oxygen atoms in total. The Morgan fingerprint density at radius 2 is 2.29 bits per heavy atom. The van der Waals surface area contributed by atoms with E-state index in [9.17, 15) is 0 Å². The van der Waals surface area contributed by atoms with Gasteiger partial charge in [-0.3, -0.25) is 4.90 Å². The molecule has 0 amide bonds. The molecule has 1 aliphatic carbocycles. The van der Waals surface area contributed by atoms with Crippen LogP contribution in [0.2, 0.25) is 0 Å². The van der Waals surface area contributed by atoms with Crippen molar-refractivity contribution in [3.8, 4) is 0 Å². The van der Waals surface area contributed by atoms with Gasteiger partial charge in [0.05, 0.1) is 0 Å². The van der Waals surface area contributed by atoms with Crippen molar-refractivity contribution < 1.29 is 0 Å². The highest BCUT2D eigenvalue weighted by Gasteiger charge is 2.32. The van der Waals surface area contributed by atoms with Crippen LogP contribution in [0.25, 0.3) is 0 Å². The molecule has 2 fully saturated rings. The van der Waals surface area contributed by atoms with Crippen LogP contribution in [0, 0.1) is 0 Å². The lowest BCUT2D eigenvalue weighted by molar-refractivity contribution is 0.192. The van der Waals surface area contributed by atoms with E-state index < -0.39 is 0 Å². The molecule has 1 aliphatic heterocycles. The fourth-order valence-corrected chi connectivity index (χ4v) is 2.32. The van der Waals surface area contributed by atoms with Crippen LogP contribution in [-0.2, 0) is 0 Å². The highest BCUT2D eigenvalue weighted by Crippen LogP contribution is 2.29. The maximum Gasteiger partial charge on any atom is 0.0464 e. The van der Waals surface area contributed by atoms with Gasteiger partial charge in [-0.2, -0.15) is 0 Å². The zero-order valence-corrected chi connectivity index (χ0v) is 8.37. The van der Waals surface area contributed by atoms with E-state index in [1.165, 1.54) is 31.5 Å². The van der Waals surface area contributed by atoms with Crippen molar-refractivity contribution in [1.82, 2.24) is 15.2 Å². The summed E-state index contributed by atoms with van der Waals surface area (Å²) < 4.78 is 0. The SMILES string of the molecule is c1cc(C2CN(C3CC3)CCN2)c[nH]1. The topological polar surface area (TPSA) is 31.1 Å². The molecule has 1 unspecified atom stereocenters. The first-order valence-corrected chi connectivity index (χ1v) is 5.53. The number of hydrogen-bond acceptors (Lipinski definition) is 2. The van der Waals surface area contributed by atoms with Crippen molar-refractivity contribution in [1.29, 1.82) is 0 Å². The number of nitrogens with zero attached hydrogens (tertiary/aromatic N) is 1. The second-order valence-corrected chi connectivity index (χ2v) is 4.38. The van der Waals surface area contributed by atoms with Gasteiger partial charge in [0.2, 0.25) is 0 Å². The smallest absolute Gasteiger partial charge is 0.0464 e. The van der Waals surface area contributed by atoms with Gasteiger partial charge in [-0.05, 0) is 24.5 Å². The van der Waals surface area contributed by atoms with Crippen LogP contribution >= 0.6 is 0 Å². The molecule has 1 atom stereocenters. The highest BCUT2D eigenvalue weighted by atomic mass is 15.2. The van der Waals surface area contributed by atoms with Crippen LogP contribution in [-0.4, -0.2) is 35.6 Å². The van der Waals surface area contributed by atoms with Gasteiger partial charge in [0.15, 0.2) is 0 Å². The van der Waals surface area contributed by atoms with Crippen molar-refractivity contribution in [2.45, 2.75) is 24.9 Å². The van der Waals surface area contributed by atoms with Crippen LogP contribution in [0.4, 0.5) is 0 Å². The first kappa shape index (κ1) is 8.50. The predicted molar refractivity (Wildman–Crippen MR) is 56.1 cm³/mol. The molecular formula is C11H17N3. The summed E-state index contributed by atoms with van der Waals surface area (Å²) in [7, 11) is 0. The second-order valence-electron chi connectivity index (χ2n) is 4.38. The molecule has 0 aromatic carbocycles. The molecule has 3 rings (SSSR count). The van der Waals surface area contributed by atoms with Gasteiger partial charge in [0.25, 0.3) is 0 Å². The molecule has 2 aliphatic rings. The summed E-state index contributed by atoms with van der Waals surface area (Å²) in [5, 5.41) is 3.57. The molecule has 0 bridgehead atoms. The molecule has 1 saturated heterocycles. The first-order chi connectivity index (χ1) is 6.93. The molecule has 0 radical (unpaired) electrons. The Hall–Kier alpha value is -0.800. The summed E-state index contributed by atoms with van der Waals surface area (Å²) in [6.07, 6.45) is 6.95. The number of piperazine rings is 1. The lowest BCUT2D eigenvalue weighted by Crippen LogP contribution is -2.46. The summed E-state index contributed by atoms with van der Waals surface area (Å²) in [5.74, 6) is 0. The van der Waals surface area contributed by atoms with Crippen LogP contribution in [0.1, 0.15) is 24.4 Å². The minimum atomic E-state index is 0.538. The number of aromatic amines is 1. The van der Waals surface area contributed by atoms with E-state index in [-0.39, 0.29) is 0 Å². The predicted octanol–water partition coefficient (Wildman–Crippen LogP) is 1.12. The molecule has 0 spiro atoms. The Balaban J connectivity index is 1.69. The number of rotatable bonds is 2. The summed E-state index contributed by atoms with van der Waals surface area (Å²) in [6.45, 7) is 3.54. The number of aromatic nitrogens is 1. The molecular weight excluding hydrogens is 174 g/mol. The quantitative estimate of drug-likeness (QED) is 0.734. The van der Waals surface area contributed by atoms with Crippen LogP contribution in [0.5, 0.6) is 0 Å². The normalized spacial score (nSPS) is 29.3. The van der Waals surface area contributed by atoms with E-state index in [4.69, 9.17) is 0 Å². The van der Waals surface area contributed by atoms with Crippen LogP contribution < -0.4 is 5.32 Å². The van der Waals surface area contributed by atoms with E-state index in [2.05, 4.69) is 27.5 Å². The van der Waals surface area contributed by atoms with E-state index in [0.29, 0.717) is 6.04 Å². The lowest BCUT2D eigenvalue weighted by atomic mass is 10.1. The average Bonchev–Trinajstić information content (AvgIpc) is 2.94. The van der Waals surface area contributed by atoms with E-state index in [0.717, 1.165) is 12.6 Å². The highest BCUT2D eigenvalue weighted by molar-refractivity contribution is 5.15. The Kier molecular flexibility index (Phi) is 2.07. The van der Waals surface area contributed by atoms with Gasteiger partial charge in [0.1, 0.15) is 0 Å². The maximum atomic E-state index is 3.57. The third-order valence-electron chi connectivity index (χ3n) is 3.29. The summed E-state index contributed by atoms with van der Waals surface area (Å²) in [5.41, 5.74) is 1.40. The average molecular weight is 191 g/mol. The van der Waals surface area contributed by atoms with Gasteiger partial charge >= 0.3 is 0 Å². The fourth-order valence-electron chi connectivity index (χ4n) is 2.32. The third-order valence-corrected chi connectivity index (χ3v) is 3.29. The van der Waals surface area contributed by atoms with E-state index in [1.807, 2.05) is 6.20 Å². The zero-order chi connectivity index (χ0) is 9.38. The molecule has 2 N–H and O–H groups in total. The number of hydrogen-bond donors (Lipinski definition) is 2. The van der Waals surface area contributed by atoms with E-state index >= 15 is 0 Å². The standard InChI is InChI=1S/C11H17N3/c1-2-10(1)14-6-5-13-11(8-14)9-3-4-12-7-9/h3-4,7,10-13H,1-2,5-6,8H2. The Morgan fingerprint density at radius 3 is 3.00 bits per heavy atom. The van der Waals surface area contributed by atoms with Gasteiger partial charge < -0.3 is 10.3 Å². The van der Waals surface area contributed by atoms with Crippen molar-refractivity contribution in [2.24, 2.45) is 0 Å². The minimum absolute atomic E-state index is 0.538. The van der Waals surface area contributed by atoms with Crippen LogP contribution in [0.15, 0.2) is 18.5 Å². The van der Waals surface area contributed by atoms with Gasteiger partial charge in [0, 0.05) is 44.1 Å². The number of nitrogens with one attached hydrogen (secondary N) is 2. The first-order valence-electron chi connectivity index (χ1n) is 5.53. The monoisotopic (exact) mass is 191 g/mol. The second kappa shape index (κ2) is 3.41. The summed E-state index contributed by atoms with van der Waals surface area (Å²) in [4.78, 5) is 5.76. The zero-order valence-electron chi connectivity index (χ0n) is 8.37. The Bertz CT molecular complexity index is 289. The van der Waals surface area contributed by atoms with E-state index in [1.54, 1.807) is 0 Å². The Morgan fingerprint density at radius 1 is 1.36 bits per heavy atom. The molecule has 76 valence electrons. The molecule has 3 heteroatoms. The van der Waals surface area contributed by atoms with Crippen molar-refractivity contribution in [3.05, 3.63) is 24.0 Å². The molecule has 14 heavy (non-hydrogen) atoms. The van der Waals surface area contributed by atoms with Gasteiger partial charge in [-0.15, -0.1) is 0 Å². The minimum Gasteiger partial charge on any atom is -0.367 e. The molecule has 2 heterocycles. The largest absolute Gasteiger partial charge is 0.367 e. The molecule has 1 aromatic heterocycles. The van der Waals surface area contributed by atoms with Crippen LogP contribution in [0.3, 0.4) is 0 Å². The number of H-pyrrole nitrogens is 1. The van der Waals surface area contributed by atoms with Crippen molar-refractivity contribution >= 4 is 0 Å². The summed E-state index contributed by atoms with van der Waals surface area (Å²) in [6, 6.07) is 3.61. The molecule has 1 saturated carbocycles. The maximum absolute atomic E-state index is 3.57.